The summed E-state index contributed by atoms with van der Waals surface area (Å²) in [4.78, 5) is 0.0191. The Balaban J connectivity index is 2.05. The van der Waals surface area contributed by atoms with E-state index in [9.17, 15) is 12.8 Å². The third-order valence-electron chi connectivity index (χ3n) is 2.70. The molecule has 1 atom stereocenters. The van der Waals surface area contributed by atoms with Crippen molar-refractivity contribution in [3.05, 3.63) is 28.5 Å². The molecule has 1 fully saturated rings. The van der Waals surface area contributed by atoms with Crippen LogP contribution in [0.2, 0.25) is 0 Å². The molecule has 0 amide bonds. The number of sulfonamides is 1. The van der Waals surface area contributed by atoms with Gasteiger partial charge in [0, 0.05) is 23.6 Å². The number of nitrogens with one attached hydrogen (secondary N) is 2. The van der Waals surface area contributed by atoms with Crippen LogP contribution in [0.3, 0.4) is 0 Å². The number of hydrogen-bond acceptors (Lipinski definition) is 4. The lowest BCUT2D eigenvalue weighted by molar-refractivity contribution is 0.0784. The summed E-state index contributed by atoms with van der Waals surface area (Å²) in [6.07, 6.45) is 0. The van der Waals surface area contributed by atoms with Gasteiger partial charge in [-0.05, 0) is 34.1 Å². The Morgan fingerprint density at radius 3 is 2.95 bits per heavy atom. The van der Waals surface area contributed by atoms with Gasteiger partial charge in [-0.2, -0.15) is 0 Å². The molecule has 1 heterocycles. The maximum atomic E-state index is 12.9. The number of morpholine rings is 1. The van der Waals surface area contributed by atoms with Crippen LogP contribution in [0.4, 0.5) is 4.39 Å². The first-order valence-electron chi connectivity index (χ1n) is 5.75. The fraction of sp³-hybridized carbons (Fsp3) is 0.455. The van der Waals surface area contributed by atoms with Crippen LogP contribution in [0.15, 0.2) is 27.6 Å². The van der Waals surface area contributed by atoms with Gasteiger partial charge in [0.05, 0.1) is 18.1 Å². The van der Waals surface area contributed by atoms with E-state index in [0.29, 0.717) is 19.8 Å². The van der Waals surface area contributed by atoms with Crippen LogP contribution in [-0.2, 0) is 14.8 Å². The van der Waals surface area contributed by atoms with Crippen LogP contribution >= 0.6 is 15.9 Å². The van der Waals surface area contributed by atoms with E-state index in [0.717, 1.165) is 12.1 Å². The van der Waals surface area contributed by atoms with Gasteiger partial charge < -0.3 is 10.1 Å². The molecule has 19 heavy (non-hydrogen) atoms. The van der Waals surface area contributed by atoms with Gasteiger partial charge >= 0.3 is 0 Å². The molecule has 106 valence electrons. The van der Waals surface area contributed by atoms with Gasteiger partial charge in [0.15, 0.2) is 0 Å². The van der Waals surface area contributed by atoms with E-state index in [-0.39, 0.29) is 22.0 Å². The molecule has 1 saturated heterocycles. The topological polar surface area (TPSA) is 67.4 Å². The molecule has 0 spiro atoms. The third kappa shape index (κ3) is 3.96. The third-order valence-corrected chi connectivity index (χ3v) is 5.10. The monoisotopic (exact) mass is 352 g/mol. The smallest absolute Gasteiger partial charge is 0.241 e. The zero-order chi connectivity index (χ0) is 13.9. The number of benzene rings is 1. The number of hydrogen-bond donors (Lipinski definition) is 2. The fourth-order valence-corrected chi connectivity index (χ4v) is 3.86. The van der Waals surface area contributed by atoms with Gasteiger partial charge in [-0.25, -0.2) is 17.5 Å². The Bertz CT molecular complexity index is 547. The lowest BCUT2D eigenvalue weighted by atomic mass is 10.3. The average molecular weight is 353 g/mol. The normalized spacial score (nSPS) is 20.4. The quantitative estimate of drug-likeness (QED) is 0.843. The predicted octanol–water partition coefficient (Wildman–Crippen LogP) is 0.855. The molecule has 0 saturated carbocycles. The highest BCUT2D eigenvalue weighted by molar-refractivity contribution is 9.10. The van der Waals surface area contributed by atoms with Crippen molar-refractivity contribution in [3.8, 4) is 0 Å². The van der Waals surface area contributed by atoms with E-state index in [1.165, 1.54) is 6.07 Å². The number of ether oxygens (including phenoxy) is 1. The van der Waals surface area contributed by atoms with Gasteiger partial charge in [0.1, 0.15) is 5.82 Å². The maximum absolute atomic E-state index is 12.9. The first-order chi connectivity index (χ1) is 8.99. The molecule has 1 aliphatic heterocycles. The molecule has 1 aliphatic rings. The van der Waals surface area contributed by atoms with Crippen molar-refractivity contribution >= 4 is 26.0 Å². The van der Waals surface area contributed by atoms with Gasteiger partial charge in [-0.15, -0.1) is 0 Å². The van der Waals surface area contributed by atoms with E-state index in [2.05, 4.69) is 26.0 Å². The van der Waals surface area contributed by atoms with Crippen molar-refractivity contribution in [2.75, 3.05) is 26.3 Å². The van der Waals surface area contributed by atoms with Crippen molar-refractivity contribution in [1.82, 2.24) is 10.0 Å². The number of rotatable bonds is 4. The van der Waals surface area contributed by atoms with E-state index in [1.54, 1.807) is 0 Å². The molecular formula is C11H14BrFN2O3S. The Labute approximate surface area is 119 Å². The molecule has 1 unspecified atom stereocenters. The molecule has 0 aromatic heterocycles. The Kier molecular flexibility index (Phi) is 4.91. The number of halogens is 2. The zero-order valence-electron chi connectivity index (χ0n) is 10.0. The highest BCUT2D eigenvalue weighted by atomic mass is 79.9. The zero-order valence-corrected chi connectivity index (χ0v) is 12.4. The predicted molar refractivity (Wildman–Crippen MR) is 71.9 cm³/mol. The van der Waals surface area contributed by atoms with Crippen molar-refractivity contribution in [1.29, 1.82) is 0 Å². The molecular weight excluding hydrogens is 339 g/mol. The van der Waals surface area contributed by atoms with E-state index in [1.807, 2.05) is 0 Å². The summed E-state index contributed by atoms with van der Waals surface area (Å²) < 4.78 is 45.0. The minimum Gasteiger partial charge on any atom is -0.378 e. The standard InChI is InChI=1S/C11H14BrFN2O3S/c12-10-5-8(13)1-2-11(10)19(16,17)15-6-9-7-18-4-3-14-9/h1-2,5,9,14-15H,3-4,6-7H2. The van der Waals surface area contributed by atoms with Crippen molar-refractivity contribution in [3.63, 3.8) is 0 Å². The fourth-order valence-electron chi connectivity index (χ4n) is 1.73. The highest BCUT2D eigenvalue weighted by Gasteiger charge is 2.21. The van der Waals surface area contributed by atoms with Gasteiger partial charge in [0.2, 0.25) is 10.0 Å². The Hall–Kier alpha value is -0.540. The Morgan fingerprint density at radius 2 is 2.32 bits per heavy atom. The van der Waals surface area contributed by atoms with E-state index < -0.39 is 15.8 Å². The lowest BCUT2D eigenvalue weighted by Gasteiger charge is -2.24. The van der Waals surface area contributed by atoms with Crippen LogP contribution in [0.5, 0.6) is 0 Å². The first kappa shape index (κ1) is 14.9. The molecule has 1 aromatic carbocycles. The second kappa shape index (κ2) is 6.27. The summed E-state index contributed by atoms with van der Waals surface area (Å²) in [7, 11) is -3.67. The molecule has 2 N–H and O–H groups in total. The van der Waals surface area contributed by atoms with Gasteiger partial charge in [0.25, 0.3) is 0 Å². The minimum atomic E-state index is -3.67. The molecule has 5 nitrogen and oxygen atoms in total. The average Bonchev–Trinajstić information content (AvgIpc) is 2.37. The van der Waals surface area contributed by atoms with Gasteiger partial charge in [-0.1, -0.05) is 0 Å². The second-order valence-electron chi connectivity index (χ2n) is 4.15. The van der Waals surface area contributed by atoms with Crippen LogP contribution in [-0.4, -0.2) is 40.8 Å². The van der Waals surface area contributed by atoms with Crippen LogP contribution in [0, 0.1) is 5.82 Å². The summed E-state index contributed by atoms with van der Waals surface area (Å²) >= 11 is 3.05. The van der Waals surface area contributed by atoms with Crippen molar-refractivity contribution in [2.24, 2.45) is 0 Å². The molecule has 8 heteroatoms. The summed E-state index contributed by atoms with van der Waals surface area (Å²) in [6.45, 7) is 2.03. The second-order valence-corrected chi connectivity index (χ2v) is 6.74. The summed E-state index contributed by atoms with van der Waals surface area (Å²) in [5.74, 6) is -0.492. The largest absolute Gasteiger partial charge is 0.378 e. The van der Waals surface area contributed by atoms with Crippen molar-refractivity contribution < 1.29 is 17.5 Å². The maximum Gasteiger partial charge on any atom is 0.241 e. The van der Waals surface area contributed by atoms with Crippen LogP contribution in [0.25, 0.3) is 0 Å². The van der Waals surface area contributed by atoms with Crippen molar-refractivity contribution in [2.45, 2.75) is 10.9 Å². The minimum absolute atomic E-state index is 0.0191. The molecule has 0 bridgehead atoms. The van der Waals surface area contributed by atoms with Gasteiger partial charge in [-0.3, -0.25) is 0 Å². The SMILES string of the molecule is O=S(=O)(NCC1COCCN1)c1ccc(F)cc1Br. The summed E-state index contributed by atoms with van der Waals surface area (Å²) in [5, 5.41) is 3.14. The highest BCUT2D eigenvalue weighted by Crippen LogP contribution is 2.22. The van der Waals surface area contributed by atoms with E-state index >= 15 is 0 Å². The molecule has 1 aromatic rings. The lowest BCUT2D eigenvalue weighted by Crippen LogP contribution is -2.48. The molecule has 2 rings (SSSR count). The summed E-state index contributed by atoms with van der Waals surface area (Å²) in [5.41, 5.74) is 0. The first-order valence-corrected chi connectivity index (χ1v) is 8.02. The molecule has 0 radical (unpaired) electrons. The summed E-state index contributed by atoms with van der Waals surface area (Å²) in [6, 6.07) is 3.41. The Morgan fingerprint density at radius 1 is 1.53 bits per heavy atom. The van der Waals surface area contributed by atoms with Crippen LogP contribution < -0.4 is 10.0 Å². The molecule has 0 aliphatic carbocycles. The van der Waals surface area contributed by atoms with Crippen LogP contribution in [0.1, 0.15) is 0 Å². The van der Waals surface area contributed by atoms with E-state index in [4.69, 9.17) is 4.74 Å².